The summed E-state index contributed by atoms with van der Waals surface area (Å²) in [4.78, 5) is 4.10. The Morgan fingerprint density at radius 2 is 2.54 bits per heavy atom. The van der Waals surface area contributed by atoms with Crippen LogP contribution in [-0.2, 0) is 0 Å². The SMILES string of the molecule is C=CCC(NCC)c1cccnc1. The third-order valence-corrected chi connectivity index (χ3v) is 1.94. The minimum Gasteiger partial charge on any atom is -0.310 e. The Morgan fingerprint density at radius 1 is 1.69 bits per heavy atom. The van der Waals surface area contributed by atoms with Gasteiger partial charge in [-0.15, -0.1) is 6.58 Å². The lowest BCUT2D eigenvalue weighted by Crippen LogP contribution is -2.20. The van der Waals surface area contributed by atoms with Gasteiger partial charge in [0.25, 0.3) is 0 Å². The van der Waals surface area contributed by atoms with E-state index in [4.69, 9.17) is 0 Å². The summed E-state index contributed by atoms with van der Waals surface area (Å²) in [5.74, 6) is 0. The van der Waals surface area contributed by atoms with E-state index in [-0.39, 0.29) is 0 Å². The first kappa shape index (κ1) is 9.93. The summed E-state index contributed by atoms with van der Waals surface area (Å²) in [6.45, 7) is 6.82. The third-order valence-electron chi connectivity index (χ3n) is 1.94. The summed E-state index contributed by atoms with van der Waals surface area (Å²) in [6, 6.07) is 4.41. The predicted octanol–water partition coefficient (Wildman–Crippen LogP) is 2.31. The molecule has 70 valence electrons. The maximum atomic E-state index is 4.10. The van der Waals surface area contributed by atoms with Crippen molar-refractivity contribution in [3.05, 3.63) is 42.7 Å². The van der Waals surface area contributed by atoms with E-state index < -0.39 is 0 Å². The molecule has 1 N–H and O–H groups in total. The molecule has 0 radical (unpaired) electrons. The third kappa shape index (κ3) is 2.99. The predicted molar refractivity (Wildman–Crippen MR) is 55.5 cm³/mol. The molecule has 0 aliphatic carbocycles. The van der Waals surface area contributed by atoms with Gasteiger partial charge in [-0.1, -0.05) is 19.1 Å². The van der Waals surface area contributed by atoms with Crippen LogP contribution in [0.25, 0.3) is 0 Å². The lowest BCUT2D eigenvalue weighted by Gasteiger charge is -2.15. The van der Waals surface area contributed by atoms with Gasteiger partial charge in [-0.2, -0.15) is 0 Å². The van der Waals surface area contributed by atoms with E-state index in [1.807, 2.05) is 18.3 Å². The molecule has 2 nitrogen and oxygen atoms in total. The van der Waals surface area contributed by atoms with Crippen LogP contribution < -0.4 is 5.32 Å². The van der Waals surface area contributed by atoms with E-state index in [1.165, 1.54) is 5.56 Å². The minimum absolute atomic E-state index is 0.358. The fraction of sp³-hybridized carbons (Fsp3) is 0.364. The van der Waals surface area contributed by atoms with E-state index in [0.717, 1.165) is 13.0 Å². The van der Waals surface area contributed by atoms with E-state index in [1.54, 1.807) is 6.20 Å². The number of hydrogen-bond acceptors (Lipinski definition) is 2. The van der Waals surface area contributed by atoms with Crippen molar-refractivity contribution in [3.8, 4) is 0 Å². The fourth-order valence-corrected chi connectivity index (χ4v) is 1.33. The highest BCUT2D eigenvalue weighted by molar-refractivity contribution is 5.14. The van der Waals surface area contributed by atoms with Crippen molar-refractivity contribution in [2.45, 2.75) is 19.4 Å². The molecular weight excluding hydrogens is 160 g/mol. The molecule has 2 heteroatoms. The van der Waals surface area contributed by atoms with Crippen molar-refractivity contribution in [2.24, 2.45) is 0 Å². The smallest absolute Gasteiger partial charge is 0.0370 e. The van der Waals surface area contributed by atoms with Crippen molar-refractivity contribution in [1.82, 2.24) is 10.3 Å². The molecule has 0 fully saturated rings. The summed E-state index contributed by atoms with van der Waals surface area (Å²) in [6.07, 6.45) is 6.57. The van der Waals surface area contributed by atoms with Gasteiger partial charge in [0.15, 0.2) is 0 Å². The number of aromatic nitrogens is 1. The van der Waals surface area contributed by atoms with Crippen molar-refractivity contribution >= 4 is 0 Å². The van der Waals surface area contributed by atoms with Gasteiger partial charge in [-0.05, 0) is 24.6 Å². The lowest BCUT2D eigenvalue weighted by molar-refractivity contribution is 0.557. The van der Waals surface area contributed by atoms with Crippen molar-refractivity contribution in [2.75, 3.05) is 6.54 Å². The first-order valence-corrected chi connectivity index (χ1v) is 4.62. The topological polar surface area (TPSA) is 24.9 Å². The average molecular weight is 176 g/mol. The van der Waals surface area contributed by atoms with E-state index >= 15 is 0 Å². The molecule has 0 spiro atoms. The Bertz CT molecular complexity index is 244. The maximum absolute atomic E-state index is 4.10. The summed E-state index contributed by atoms with van der Waals surface area (Å²) in [7, 11) is 0. The molecule has 1 aromatic rings. The summed E-state index contributed by atoms with van der Waals surface area (Å²) in [5.41, 5.74) is 1.23. The Hall–Kier alpha value is -1.15. The van der Waals surface area contributed by atoms with Gasteiger partial charge in [0, 0.05) is 18.4 Å². The van der Waals surface area contributed by atoms with Crippen molar-refractivity contribution in [3.63, 3.8) is 0 Å². The zero-order valence-electron chi connectivity index (χ0n) is 8.03. The standard InChI is InChI=1S/C11H16N2/c1-3-6-11(13-4-2)10-7-5-8-12-9-10/h3,5,7-9,11,13H,1,4,6H2,2H3. The maximum Gasteiger partial charge on any atom is 0.0370 e. The number of nitrogens with one attached hydrogen (secondary N) is 1. The monoisotopic (exact) mass is 176 g/mol. The van der Waals surface area contributed by atoms with Crippen LogP contribution in [0.5, 0.6) is 0 Å². The van der Waals surface area contributed by atoms with Gasteiger partial charge >= 0.3 is 0 Å². The molecule has 0 aromatic carbocycles. The number of pyridine rings is 1. The number of nitrogens with zero attached hydrogens (tertiary/aromatic N) is 1. The van der Waals surface area contributed by atoms with Crippen LogP contribution in [0.3, 0.4) is 0 Å². The summed E-state index contributed by atoms with van der Waals surface area (Å²) < 4.78 is 0. The second kappa shape index (κ2) is 5.49. The Balaban J connectivity index is 2.69. The highest BCUT2D eigenvalue weighted by Gasteiger charge is 2.06. The van der Waals surface area contributed by atoms with Crippen LogP contribution in [0.4, 0.5) is 0 Å². The molecule has 0 aliphatic heterocycles. The molecule has 1 rings (SSSR count). The lowest BCUT2D eigenvalue weighted by atomic mass is 10.1. The van der Waals surface area contributed by atoms with Gasteiger partial charge in [-0.25, -0.2) is 0 Å². The zero-order chi connectivity index (χ0) is 9.52. The van der Waals surface area contributed by atoms with E-state index in [9.17, 15) is 0 Å². The second-order valence-corrected chi connectivity index (χ2v) is 2.92. The van der Waals surface area contributed by atoms with Crippen molar-refractivity contribution < 1.29 is 0 Å². The van der Waals surface area contributed by atoms with Crippen LogP contribution in [0, 0.1) is 0 Å². The zero-order valence-corrected chi connectivity index (χ0v) is 8.03. The minimum atomic E-state index is 0.358. The quantitative estimate of drug-likeness (QED) is 0.696. The Labute approximate surface area is 79.7 Å². The molecule has 0 aliphatic rings. The summed E-state index contributed by atoms with van der Waals surface area (Å²) in [5, 5.41) is 3.39. The highest BCUT2D eigenvalue weighted by atomic mass is 14.9. The molecule has 0 saturated carbocycles. The fourth-order valence-electron chi connectivity index (χ4n) is 1.33. The van der Waals surface area contributed by atoms with Crippen LogP contribution >= 0.6 is 0 Å². The first-order chi connectivity index (χ1) is 6.38. The molecule has 13 heavy (non-hydrogen) atoms. The molecule has 1 unspecified atom stereocenters. The first-order valence-electron chi connectivity index (χ1n) is 4.62. The van der Waals surface area contributed by atoms with Crippen LogP contribution in [-0.4, -0.2) is 11.5 Å². The van der Waals surface area contributed by atoms with Crippen molar-refractivity contribution in [1.29, 1.82) is 0 Å². The van der Waals surface area contributed by atoms with Crippen LogP contribution in [0.2, 0.25) is 0 Å². The molecule has 0 saturated heterocycles. The second-order valence-electron chi connectivity index (χ2n) is 2.92. The average Bonchev–Trinajstić information content (AvgIpc) is 2.19. The summed E-state index contributed by atoms with van der Waals surface area (Å²) >= 11 is 0. The molecule has 1 heterocycles. The normalized spacial score (nSPS) is 12.4. The molecule has 0 bridgehead atoms. The van der Waals surface area contributed by atoms with Gasteiger partial charge in [0.05, 0.1) is 0 Å². The Kier molecular flexibility index (Phi) is 4.19. The molecule has 1 atom stereocenters. The number of hydrogen-bond donors (Lipinski definition) is 1. The van der Waals surface area contributed by atoms with E-state index in [0.29, 0.717) is 6.04 Å². The van der Waals surface area contributed by atoms with Gasteiger partial charge < -0.3 is 5.32 Å². The van der Waals surface area contributed by atoms with E-state index in [2.05, 4.69) is 29.9 Å². The van der Waals surface area contributed by atoms with Gasteiger partial charge in [0.2, 0.25) is 0 Å². The molecule has 1 aromatic heterocycles. The largest absolute Gasteiger partial charge is 0.310 e. The molecular formula is C11H16N2. The number of rotatable bonds is 5. The Morgan fingerprint density at radius 3 is 3.08 bits per heavy atom. The van der Waals surface area contributed by atoms with Gasteiger partial charge in [-0.3, -0.25) is 4.98 Å². The van der Waals surface area contributed by atoms with Gasteiger partial charge in [0.1, 0.15) is 0 Å². The highest BCUT2D eigenvalue weighted by Crippen LogP contribution is 2.14. The van der Waals surface area contributed by atoms with Crippen LogP contribution in [0.15, 0.2) is 37.2 Å². The molecule has 0 amide bonds. The van der Waals surface area contributed by atoms with Crippen LogP contribution in [0.1, 0.15) is 24.9 Å².